The van der Waals surface area contributed by atoms with Crippen LogP contribution in [0.5, 0.6) is 0 Å². The summed E-state index contributed by atoms with van der Waals surface area (Å²) in [6.07, 6.45) is 20.8. The van der Waals surface area contributed by atoms with Gasteiger partial charge in [0.05, 0.1) is 6.33 Å². The van der Waals surface area contributed by atoms with Gasteiger partial charge >= 0.3 is 0 Å². The van der Waals surface area contributed by atoms with E-state index >= 15 is 0 Å². The largest absolute Gasteiger partial charge is 0.382 e. The van der Waals surface area contributed by atoms with Crippen molar-refractivity contribution in [2.24, 2.45) is 0 Å². The van der Waals surface area contributed by atoms with Crippen LogP contribution in [0.1, 0.15) is 64.2 Å². The standard InChI is InChI=1S/C24H38N7/c1-29(2)21-13-17-30(18-14-21)15-11-9-7-5-3-4-6-8-10-12-16-31-20-28-22-23(25)26-19-27-24(22)31/h13-14,17-20H,3-12,15-16H2,1-2H3,(H2,25,26,27)/q+1. The number of unbranched alkanes of at least 4 members (excludes halogenated alkanes) is 9. The number of imidazole rings is 1. The summed E-state index contributed by atoms with van der Waals surface area (Å²) >= 11 is 0. The molecule has 0 saturated heterocycles. The maximum absolute atomic E-state index is 5.84. The Hall–Kier alpha value is -2.70. The quantitative estimate of drug-likeness (QED) is 0.307. The Bertz CT molecular complexity index is 902. The Balaban J connectivity index is 1.15. The van der Waals surface area contributed by atoms with Crippen molar-refractivity contribution >= 4 is 22.7 Å². The number of nitrogens with two attached hydrogens (primary N) is 1. The number of hydrogen-bond acceptors (Lipinski definition) is 5. The number of aromatic nitrogens is 5. The molecule has 0 fully saturated rings. The Morgan fingerprint density at radius 3 is 2.10 bits per heavy atom. The van der Waals surface area contributed by atoms with Crippen LogP contribution < -0.4 is 15.2 Å². The van der Waals surface area contributed by atoms with Gasteiger partial charge in [-0.25, -0.2) is 19.5 Å². The molecule has 0 aliphatic carbocycles. The molecule has 0 aliphatic rings. The summed E-state index contributed by atoms with van der Waals surface area (Å²) in [4.78, 5) is 14.8. The molecule has 0 spiro atoms. The van der Waals surface area contributed by atoms with Gasteiger partial charge in [0.2, 0.25) is 0 Å². The SMILES string of the molecule is CN(C)c1cc[n+](CCCCCCCCCCCCn2cnc3c(N)ncnc32)cc1. The number of nitrogen functional groups attached to an aromatic ring is 1. The topological polar surface area (TPSA) is 76.7 Å². The second kappa shape index (κ2) is 12.2. The Morgan fingerprint density at radius 1 is 0.839 bits per heavy atom. The normalized spacial score (nSPS) is 11.3. The van der Waals surface area contributed by atoms with Crippen molar-refractivity contribution in [1.82, 2.24) is 19.5 Å². The van der Waals surface area contributed by atoms with Gasteiger partial charge in [-0.1, -0.05) is 44.9 Å². The number of rotatable bonds is 14. The monoisotopic (exact) mass is 424 g/mol. The summed E-state index contributed by atoms with van der Waals surface area (Å²) in [6.45, 7) is 2.07. The first-order chi connectivity index (χ1) is 15.1. The molecular weight excluding hydrogens is 386 g/mol. The van der Waals surface area contributed by atoms with Gasteiger partial charge in [-0.3, -0.25) is 0 Å². The van der Waals surface area contributed by atoms with Crippen molar-refractivity contribution in [1.29, 1.82) is 0 Å². The van der Waals surface area contributed by atoms with E-state index in [4.69, 9.17) is 5.73 Å². The zero-order chi connectivity index (χ0) is 21.9. The number of aryl methyl sites for hydroxylation is 2. The third-order valence-corrected chi connectivity index (χ3v) is 5.88. The zero-order valence-electron chi connectivity index (χ0n) is 19.2. The molecule has 3 aromatic heterocycles. The van der Waals surface area contributed by atoms with E-state index in [1.807, 2.05) is 6.33 Å². The van der Waals surface area contributed by atoms with Gasteiger partial charge in [-0.15, -0.1) is 0 Å². The molecule has 0 saturated carbocycles. The summed E-state index contributed by atoms with van der Waals surface area (Å²) in [5, 5.41) is 0. The first kappa shape index (κ1) is 23.0. The molecule has 3 heterocycles. The molecule has 0 aliphatic heterocycles. The number of fused-ring (bicyclic) bond motifs is 1. The van der Waals surface area contributed by atoms with E-state index in [2.05, 4.69) is 67.6 Å². The molecule has 0 bridgehead atoms. The van der Waals surface area contributed by atoms with E-state index in [9.17, 15) is 0 Å². The fourth-order valence-electron chi connectivity index (χ4n) is 3.95. The average Bonchev–Trinajstić information content (AvgIpc) is 3.19. The van der Waals surface area contributed by atoms with Gasteiger partial charge in [-0.05, 0) is 12.8 Å². The number of hydrogen-bond donors (Lipinski definition) is 1. The molecule has 0 amide bonds. The summed E-state index contributed by atoms with van der Waals surface area (Å²) in [5.41, 5.74) is 8.65. The Labute approximate surface area is 186 Å². The van der Waals surface area contributed by atoms with Crippen LogP contribution in [-0.4, -0.2) is 33.6 Å². The fourth-order valence-corrected chi connectivity index (χ4v) is 3.95. The van der Waals surface area contributed by atoms with Crippen LogP contribution in [-0.2, 0) is 13.1 Å². The highest BCUT2D eigenvalue weighted by Gasteiger charge is 2.07. The Kier molecular flexibility index (Phi) is 9.06. The van der Waals surface area contributed by atoms with Gasteiger partial charge in [0.25, 0.3) is 0 Å². The lowest BCUT2D eigenvalue weighted by Crippen LogP contribution is -2.32. The first-order valence-corrected chi connectivity index (χ1v) is 11.7. The lowest BCUT2D eigenvalue weighted by molar-refractivity contribution is -0.697. The summed E-state index contributed by atoms with van der Waals surface area (Å²) in [6, 6.07) is 4.36. The van der Waals surface area contributed by atoms with Crippen LogP contribution in [0, 0.1) is 0 Å². The van der Waals surface area contributed by atoms with Gasteiger partial charge in [0.1, 0.15) is 18.4 Å². The van der Waals surface area contributed by atoms with Crippen LogP contribution in [0.2, 0.25) is 0 Å². The average molecular weight is 425 g/mol. The van der Waals surface area contributed by atoms with E-state index in [1.54, 1.807) is 0 Å². The molecule has 7 heteroatoms. The van der Waals surface area contributed by atoms with E-state index in [0.29, 0.717) is 11.3 Å². The van der Waals surface area contributed by atoms with Crippen molar-refractivity contribution in [2.75, 3.05) is 24.7 Å². The highest BCUT2D eigenvalue weighted by Crippen LogP contribution is 2.16. The Morgan fingerprint density at radius 2 is 1.45 bits per heavy atom. The first-order valence-electron chi connectivity index (χ1n) is 11.7. The molecule has 3 rings (SSSR count). The molecule has 2 N–H and O–H groups in total. The van der Waals surface area contributed by atoms with Crippen LogP contribution in [0.4, 0.5) is 11.5 Å². The summed E-state index contributed by atoms with van der Waals surface area (Å²) in [7, 11) is 4.16. The van der Waals surface area contributed by atoms with E-state index in [0.717, 1.165) is 25.2 Å². The predicted molar refractivity (Wildman–Crippen MR) is 127 cm³/mol. The maximum Gasteiger partial charge on any atom is 0.170 e. The van der Waals surface area contributed by atoms with Gasteiger partial charge in [0.15, 0.2) is 23.9 Å². The molecule has 0 atom stereocenters. The van der Waals surface area contributed by atoms with Gasteiger partial charge in [0, 0.05) is 44.9 Å². The second-order valence-electron chi connectivity index (χ2n) is 8.59. The van der Waals surface area contributed by atoms with Crippen molar-refractivity contribution < 1.29 is 4.57 Å². The molecule has 31 heavy (non-hydrogen) atoms. The maximum atomic E-state index is 5.84. The minimum absolute atomic E-state index is 0.459. The van der Waals surface area contributed by atoms with Crippen molar-refractivity contribution in [3.63, 3.8) is 0 Å². The lowest BCUT2D eigenvalue weighted by Gasteiger charge is -2.10. The molecule has 168 valence electrons. The molecule has 0 unspecified atom stereocenters. The molecule has 3 aromatic rings. The lowest BCUT2D eigenvalue weighted by atomic mass is 10.1. The zero-order valence-corrected chi connectivity index (χ0v) is 19.2. The van der Waals surface area contributed by atoms with E-state index < -0.39 is 0 Å². The fraction of sp³-hybridized carbons (Fsp3) is 0.583. The molecule has 7 nitrogen and oxygen atoms in total. The van der Waals surface area contributed by atoms with E-state index in [1.165, 1.54) is 69.8 Å². The summed E-state index contributed by atoms with van der Waals surface area (Å²) < 4.78 is 4.38. The number of pyridine rings is 1. The van der Waals surface area contributed by atoms with Crippen LogP contribution >= 0.6 is 0 Å². The number of anilines is 2. The summed E-state index contributed by atoms with van der Waals surface area (Å²) in [5.74, 6) is 0.459. The van der Waals surface area contributed by atoms with E-state index in [-0.39, 0.29) is 0 Å². The van der Waals surface area contributed by atoms with Crippen molar-refractivity contribution in [3.05, 3.63) is 37.2 Å². The molecular formula is C24H38N7+. The third-order valence-electron chi connectivity index (χ3n) is 5.88. The number of nitrogens with zero attached hydrogens (tertiary/aromatic N) is 6. The molecule has 0 aromatic carbocycles. The van der Waals surface area contributed by atoms with Gasteiger partial charge < -0.3 is 15.2 Å². The van der Waals surface area contributed by atoms with Crippen LogP contribution in [0.3, 0.4) is 0 Å². The van der Waals surface area contributed by atoms with Gasteiger partial charge in [-0.2, -0.15) is 0 Å². The van der Waals surface area contributed by atoms with Crippen molar-refractivity contribution in [2.45, 2.75) is 77.3 Å². The predicted octanol–water partition coefficient (Wildman–Crippen LogP) is 4.36. The minimum Gasteiger partial charge on any atom is -0.382 e. The minimum atomic E-state index is 0.459. The smallest absolute Gasteiger partial charge is 0.170 e. The highest BCUT2D eigenvalue weighted by molar-refractivity contribution is 5.80. The third kappa shape index (κ3) is 7.19. The second-order valence-corrected chi connectivity index (χ2v) is 8.59. The van der Waals surface area contributed by atoms with Crippen molar-refractivity contribution in [3.8, 4) is 0 Å². The van der Waals surface area contributed by atoms with Crippen LogP contribution in [0.25, 0.3) is 11.2 Å². The highest BCUT2D eigenvalue weighted by atomic mass is 15.1. The van der Waals surface area contributed by atoms with Crippen LogP contribution in [0.15, 0.2) is 37.2 Å². The molecule has 0 radical (unpaired) electrons.